The number of nitrogens with one attached hydrogen (secondary N) is 2. The zero-order valence-corrected chi connectivity index (χ0v) is 8.84. The fourth-order valence-corrected chi connectivity index (χ4v) is 1.10. The van der Waals surface area contributed by atoms with E-state index in [2.05, 4.69) is 10.3 Å². The third-order valence-electron chi connectivity index (χ3n) is 2.03. The van der Waals surface area contributed by atoms with E-state index in [0.29, 0.717) is 0 Å². The Balaban J connectivity index is 2.43. The van der Waals surface area contributed by atoms with Gasteiger partial charge in [0.2, 0.25) is 5.56 Å². The summed E-state index contributed by atoms with van der Waals surface area (Å²) in [7, 11) is 0. The zero-order chi connectivity index (χ0) is 12.8. The number of aliphatic hydroxyl groups excluding tert-OH is 1. The van der Waals surface area contributed by atoms with E-state index in [4.69, 9.17) is 10.2 Å². The Hall–Kier alpha value is -2.15. The van der Waals surface area contributed by atoms with Crippen LogP contribution in [0, 0.1) is 0 Å². The first kappa shape index (κ1) is 12.9. The first-order valence-corrected chi connectivity index (χ1v) is 4.88. The Bertz CT molecular complexity index is 448. The van der Waals surface area contributed by atoms with Crippen molar-refractivity contribution < 1.29 is 19.8 Å². The molecule has 1 heterocycles. The maximum atomic E-state index is 11.4. The molecule has 92 valence electrons. The number of carboxylic acid groups (broad SMARTS) is 1. The minimum atomic E-state index is -1.49. The SMILES string of the molecule is O=C(NCC[C@H](O)C(=O)O)c1ccc(=O)[nH]c1. The number of carboxylic acids is 1. The summed E-state index contributed by atoms with van der Waals surface area (Å²) in [6.45, 7) is 0.0332. The Kier molecular flexibility index (Phi) is 4.41. The van der Waals surface area contributed by atoms with Crippen molar-refractivity contribution in [1.82, 2.24) is 10.3 Å². The second kappa shape index (κ2) is 5.80. The largest absolute Gasteiger partial charge is 0.479 e. The molecule has 1 amide bonds. The molecule has 1 aromatic heterocycles. The van der Waals surface area contributed by atoms with Crippen LogP contribution in [-0.2, 0) is 4.79 Å². The summed E-state index contributed by atoms with van der Waals surface area (Å²) in [5.41, 5.74) is -0.0581. The second-order valence-corrected chi connectivity index (χ2v) is 3.34. The maximum absolute atomic E-state index is 11.4. The molecule has 0 aliphatic carbocycles. The highest BCUT2D eigenvalue weighted by atomic mass is 16.4. The molecule has 0 spiro atoms. The Labute approximate surface area is 96.1 Å². The van der Waals surface area contributed by atoms with Crippen LogP contribution in [0.2, 0.25) is 0 Å². The highest BCUT2D eigenvalue weighted by Gasteiger charge is 2.13. The van der Waals surface area contributed by atoms with Gasteiger partial charge in [-0.1, -0.05) is 0 Å². The number of amides is 1. The van der Waals surface area contributed by atoms with E-state index in [1.807, 2.05) is 0 Å². The molecular formula is C10H12N2O5. The van der Waals surface area contributed by atoms with Crippen molar-refractivity contribution >= 4 is 11.9 Å². The van der Waals surface area contributed by atoms with Crippen LogP contribution in [0.15, 0.2) is 23.1 Å². The van der Waals surface area contributed by atoms with Gasteiger partial charge >= 0.3 is 5.97 Å². The predicted molar refractivity (Wildman–Crippen MR) is 57.7 cm³/mol. The summed E-state index contributed by atoms with van der Waals surface area (Å²) in [5.74, 6) is -1.78. The van der Waals surface area contributed by atoms with Gasteiger partial charge in [0.05, 0.1) is 5.56 Å². The monoisotopic (exact) mass is 240 g/mol. The topological polar surface area (TPSA) is 119 Å². The molecule has 0 aliphatic heterocycles. The van der Waals surface area contributed by atoms with Gasteiger partial charge in [-0.3, -0.25) is 9.59 Å². The van der Waals surface area contributed by atoms with Gasteiger partial charge in [0.1, 0.15) is 0 Å². The summed E-state index contributed by atoms with van der Waals surface area (Å²) < 4.78 is 0. The molecule has 0 saturated carbocycles. The van der Waals surface area contributed by atoms with Crippen molar-refractivity contribution in [3.8, 4) is 0 Å². The van der Waals surface area contributed by atoms with E-state index >= 15 is 0 Å². The van der Waals surface area contributed by atoms with Gasteiger partial charge in [0, 0.05) is 25.2 Å². The Morgan fingerprint density at radius 2 is 2.12 bits per heavy atom. The van der Waals surface area contributed by atoms with Gasteiger partial charge in [0.25, 0.3) is 5.91 Å². The first-order valence-electron chi connectivity index (χ1n) is 4.88. The van der Waals surface area contributed by atoms with Gasteiger partial charge in [-0.05, 0) is 6.07 Å². The lowest BCUT2D eigenvalue weighted by Gasteiger charge is -2.06. The first-order chi connectivity index (χ1) is 8.00. The van der Waals surface area contributed by atoms with Gasteiger partial charge in [-0.25, -0.2) is 4.79 Å². The molecule has 0 aromatic carbocycles. The van der Waals surface area contributed by atoms with Crippen molar-refractivity contribution in [3.63, 3.8) is 0 Å². The number of H-pyrrole nitrogens is 1. The quantitative estimate of drug-likeness (QED) is 0.523. The molecule has 1 aromatic rings. The van der Waals surface area contributed by atoms with Crippen molar-refractivity contribution in [3.05, 3.63) is 34.2 Å². The zero-order valence-electron chi connectivity index (χ0n) is 8.84. The number of carbonyl (C=O) groups excluding carboxylic acids is 1. The van der Waals surface area contributed by atoms with Crippen molar-refractivity contribution in [2.45, 2.75) is 12.5 Å². The lowest BCUT2D eigenvalue weighted by molar-refractivity contribution is -0.146. The summed E-state index contributed by atoms with van der Waals surface area (Å²) >= 11 is 0. The second-order valence-electron chi connectivity index (χ2n) is 3.34. The van der Waals surface area contributed by atoms with Crippen LogP contribution in [0.1, 0.15) is 16.8 Å². The normalized spacial score (nSPS) is 11.8. The van der Waals surface area contributed by atoms with Crippen LogP contribution in [0.5, 0.6) is 0 Å². The van der Waals surface area contributed by atoms with Gasteiger partial charge in [-0.15, -0.1) is 0 Å². The van der Waals surface area contributed by atoms with Crippen LogP contribution in [0.4, 0.5) is 0 Å². The minimum Gasteiger partial charge on any atom is -0.479 e. The fraction of sp³-hybridized carbons (Fsp3) is 0.300. The number of carbonyl (C=O) groups is 2. The molecule has 1 atom stereocenters. The number of aliphatic hydroxyl groups is 1. The van der Waals surface area contributed by atoms with Crippen molar-refractivity contribution in [2.24, 2.45) is 0 Å². The van der Waals surface area contributed by atoms with Gasteiger partial charge < -0.3 is 20.5 Å². The van der Waals surface area contributed by atoms with Gasteiger partial charge in [0.15, 0.2) is 6.10 Å². The molecule has 4 N–H and O–H groups in total. The van der Waals surface area contributed by atoms with E-state index in [-0.39, 0.29) is 24.1 Å². The fourth-order valence-electron chi connectivity index (χ4n) is 1.10. The van der Waals surface area contributed by atoms with E-state index in [1.165, 1.54) is 18.3 Å². The number of aromatic amines is 1. The van der Waals surface area contributed by atoms with E-state index in [9.17, 15) is 14.4 Å². The molecule has 0 aliphatic rings. The van der Waals surface area contributed by atoms with Crippen LogP contribution >= 0.6 is 0 Å². The Morgan fingerprint density at radius 1 is 1.41 bits per heavy atom. The van der Waals surface area contributed by atoms with E-state index < -0.39 is 18.0 Å². The summed E-state index contributed by atoms with van der Waals surface area (Å²) in [6, 6.07) is 2.56. The van der Waals surface area contributed by atoms with Crippen molar-refractivity contribution in [2.75, 3.05) is 6.54 Å². The molecule has 0 radical (unpaired) electrons. The third-order valence-corrected chi connectivity index (χ3v) is 2.03. The number of rotatable bonds is 5. The number of aliphatic carboxylic acids is 1. The molecule has 0 bridgehead atoms. The maximum Gasteiger partial charge on any atom is 0.332 e. The third kappa shape index (κ3) is 4.07. The molecule has 7 nitrogen and oxygen atoms in total. The lowest BCUT2D eigenvalue weighted by atomic mass is 10.2. The molecule has 7 heteroatoms. The average molecular weight is 240 g/mol. The number of hydrogen-bond acceptors (Lipinski definition) is 4. The standard InChI is InChI=1S/C10H12N2O5/c13-7(10(16)17)3-4-11-9(15)6-1-2-8(14)12-5-6/h1-2,5,7,13H,3-4H2,(H,11,15)(H,12,14)(H,16,17)/t7-/m0/s1. The predicted octanol–water partition coefficient (Wildman–Crippen LogP) is -1.06. The van der Waals surface area contributed by atoms with Crippen LogP contribution in [0.25, 0.3) is 0 Å². The smallest absolute Gasteiger partial charge is 0.332 e. The van der Waals surface area contributed by atoms with E-state index in [0.717, 1.165) is 0 Å². The molecule has 0 unspecified atom stereocenters. The minimum absolute atomic E-state index is 0.0332. The van der Waals surface area contributed by atoms with Crippen LogP contribution in [0.3, 0.4) is 0 Å². The molecule has 1 rings (SSSR count). The molecule has 0 fully saturated rings. The summed E-state index contributed by atoms with van der Waals surface area (Å²) in [4.78, 5) is 34.8. The number of pyridine rings is 1. The molecular weight excluding hydrogens is 228 g/mol. The van der Waals surface area contributed by atoms with Crippen LogP contribution in [-0.4, -0.2) is 39.7 Å². The van der Waals surface area contributed by atoms with Crippen molar-refractivity contribution in [1.29, 1.82) is 0 Å². The average Bonchev–Trinajstić information content (AvgIpc) is 2.29. The van der Waals surface area contributed by atoms with Crippen LogP contribution < -0.4 is 10.9 Å². The van der Waals surface area contributed by atoms with E-state index in [1.54, 1.807) is 0 Å². The lowest BCUT2D eigenvalue weighted by Crippen LogP contribution is -2.30. The summed E-state index contributed by atoms with van der Waals surface area (Å²) in [5, 5.41) is 19.8. The highest BCUT2D eigenvalue weighted by molar-refractivity contribution is 5.93. The molecule has 17 heavy (non-hydrogen) atoms. The highest BCUT2D eigenvalue weighted by Crippen LogP contribution is 1.94. The summed E-state index contributed by atoms with van der Waals surface area (Å²) in [6.07, 6.45) is -0.318. The van der Waals surface area contributed by atoms with Gasteiger partial charge in [-0.2, -0.15) is 0 Å². The Morgan fingerprint density at radius 3 is 2.65 bits per heavy atom. The molecule has 0 saturated heterocycles. The number of aromatic nitrogens is 1. The number of hydrogen-bond donors (Lipinski definition) is 4.